The van der Waals surface area contributed by atoms with Gasteiger partial charge >= 0.3 is 0 Å². The molecule has 0 aliphatic rings. The third-order valence-corrected chi connectivity index (χ3v) is 4.95. The summed E-state index contributed by atoms with van der Waals surface area (Å²) in [6, 6.07) is 22.9. The van der Waals surface area contributed by atoms with Crippen molar-refractivity contribution in [1.82, 2.24) is 5.32 Å². The molecular weight excluding hydrogens is 419 g/mol. The number of rotatable bonds is 10. The highest BCUT2D eigenvalue weighted by atomic mass is 19.1. The van der Waals surface area contributed by atoms with Crippen LogP contribution in [-0.2, 0) is 27.3 Å². The molecule has 6 heteroatoms. The summed E-state index contributed by atoms with van der Waals surface area (Å²) >= 11 is 0. The van der Waals surface area contributed by atoms with Crippen LogP contribution < -0.4 is 10.2 Å². The van der Waals surface area contributed by atoms with Gasteiger partial charge in [0.1, 0.15) is 5.82 Å². The minimum atomic E-state index is -0.331. The Labute approximate surface area is 193 Å². The van der Waals surface area contributed by atoms with Crippen LogP contribution in [0, 0.1) is 5.82 Å². The van der Waals surface area contributed by atoms with Crippen LogP contribution in [0.25, 0.3) is 6.08 Å². The van der Waals surface area contributed by atoms with Crippen molar-refractivity contribution in [2.24, 2.45) is 0 Å². The van der Waals surface area contributed by atoms with Gasteiger partial charge in [-0.05, 0) is 47.0 Å². The van der Waals surface area contributed by atoms with Gasteiger partial charge < -0.3 is 15.0 Å². The van der Waals surface area contributed by atoms with Crippen molar-refractivity contribution in [1.29, 1.82) is 0 Å². The van der Waals surface area contributed by atoms with E-state index in [9.17, 15) is 14.0 Å². The molecule has 2 amide bonds. The Morgan fingerprint density at radius 2 is 1.73 bits per heavy atom. The molecular formula is C27H27FN2O3. The van der Waals surface area contributed by atoms with E-state index >= 15 is 0 Å². The summed E-state index contributed by atoms with van der Waals surface area (Å²) in [5.74, 6) is -0.670. The van der Waals surface area contributed by atoms with E-state index in [2.05, 4.69) is 5.32 Å². The van der Waals surface area contributed by atoms with Crippen molar-refractivity contribution in [2.45, 2.75) is 13.0 Å². The van der Waals surface area contributed by atoms with Gasteiger partial charge in [0.05, 0.1) is 19.6 Å². The summed E-state index contributed by atoms with van der Waals surface area (Å²) in [5.41, 5.74) is 3.14. The van der Waals surface area contributed by atoms with Gasteiger partial charge in [-0.3, -0.25) is 9.59 Å². The average molecular weight is 447 g/mol. The topological polar surface area (TPSA) is 58.6 Å². The summed E-state index contributed by atoms with van der Waals surface area (Å²) in [6.45, 7) is 1.15. The van der Waals surface area contributed by atoms with Crippen molar-refractivity contribution >= 4 is 23.6 Å². The van der Waals surface area contributed by atoms with Crippen LogP contribution in [0.15, 0.2) is 84.9 Å². The molecule has 0 fully saturated rings. The van der Waals surface area contributed by atoms with E-state index in [0.717, 1.165) is 16.7 Å². The normalized spacial score (nSPS) is 10.8. The van der Waals surface area contributed by atoms with Crippen LogP contribution in [0.4, 0.5) is 10.1 Å². The van der Waals surface area contributed by atoms with E-state index in [4.69, 9.17) is 4.74 Å². The molecule has 0 heterocycles. The molecule has 0 aliphatic carbocycles. The van der Waals surface area contributed by atoms with E-state index in [-0.39, 0.29) is 30.6 Å². The van der Waals surface area contributed by atoms with Crippen molar-refractivity contribution < 1.29 is 18.7 Å². The number of benzene rings is 3. The molecule has 5 nitrogen and oxygen atoms in total. The van der Waals surface area contributed by atoms with Gasteiger partial charge in [0.25, 0.3) is 5.91 Å². The lowest BCUT2D eigenvalue weighted by Crippen LogP contribution is -2.30. The number of carbonyl (C=O) groups is 2. The second-order valence-electron chi connectivity index (χ2n) is 7.48. The molecule has 0 atom stereocenters. The second-order valence-corrected chi connectivity index (χ2v) is 7.48. The zero-order valence-electron chi connectivity index (χ0n) is 18.5. The van der Waals surface area contributed by atoms with E-state index in [1.807, 2.05) is 54.6 Å². The van der Waals surface area contributed by atoms with Gasteiger partial charge in [0.2, 0.25) is 5.91 Å². The molecule has 1 N–H and O–H groups in total. The first kappa shape index (κ1) is 23.9. The largest absolute Gasteiger partial charge is 0.383 e. The number of carbonyl (C=O) groups excluding carboxylic acids is 2. The van der Waals surface area contributed by atoms with Gasteiger partial charge in [-0.25, -0.2) is 4.39 Å². The molecule has 3 rings (SSSR count). The summed E-state index contributed by atoms with van der Waals surface area (Å²) in [5, 5.41) is 2.80. The Bertz CT molecular complexity index is 1080. The fraction of sp³-hybridized carbons (Fsp3) is 0.185. The number of anilines is 1. The quantitative estimate of drug-likeness (QED) is 0.372. The van der Waals surface area contributed by atoms with Crippen molar-refractivity contribution in [3.8, 4) is 0 Å². The number of halogens is 1. The summed E-state index contributed by atoms with van der Waals surface area (Å²) in [7, 11) is 1.58. The first-order valence-corrected chi connectivity index (χ1v) is 10.7. The van der Waals surface area contributed by atoms with Crippen LogP contribution in [-0.4, -0.2) is 32.1 Å². The summed E-state index contributed by atoms with van der Waals surface area (Å²) < 4.78 is 18.3. The highest BCUT2D eigenvalue weighted by Crippen LogP contribution is 2.21. The van der Waals surface area contributed by atoms with Gasteiger partial charge in [-0.1, -0.05) is 54.6 Å². The maximum atomic E-state index is 13.4. The molecule has 0 saturated heterocycles. The SMILES string of the molecule is COCCNC(=O)Cc1cccc(N(Cc2ccc(F)cc2)C(=O)/C=C/c2ccccc2)c1. The number of ether oxygens (including phenoxy) is 1. The van der Waals surface area contributed by atoms with Crippen molar-refractivity contribution in [2.75, 3.05) is 25.2 Å². The smallest absolute Gasteiger partial charge is 0.251 e. The molecule has 0 aliphatic heterocycles. The minimum absolute atomic E-state index is 0.121. The number of methoxy groups -OCH3 is 1. The number of amides is 2. The maximum absolute atomic E-state index is 13.4. The van der Waals surface area contributed by atoms with Gasteiger partial charge in [-0.2, -0.15) is 0 Å². The number of hydrogen-bond donors (Lipinski definition) is 1. The van der Waals surface area contributed by atoms with E-state index in [0.29, 0.717) is 18.8 Å². The number of nitrogens with zero attached hydrogens (tertiary/aromatic N) is 1. The molecule has 0 bridgehead atoms. The highest BCUT2D eigenvalue weighted by Gasteiger charge is 2.15. The number of hydrogen-bond acceptors (Lipinski definition) is 3. The first-order valence-electron chi connectivity index (χ1n) is 10.7. The van der Waals surface area contributed by atoms with Crippen LogP contribution >= 0.6 is 0 Å². The molecule has 0 saturated carbocycles. The van der Waals surface area contributed by atoms with E-state index in [1.54, 1.807) is 30.2 Å². The summed E-state index contributed by atoms with van der Waals surface area (Å²) in [4.78, 5) is 27.0. The molecule has 0 unspecified atom stereocenters. The molecule has 33 heavy (non-hydrogen) atoms. The Morgan fingerprint density at radius 3 is 2.45 bits per heavy atom. The molecule has 0 radical (unpaired) electrons. The third-order valence-electron chi connectivity index (χ3n) is 4.95. The lowest BCUT2D eigenvalue weighted by atomic mass is 10.1. The Kier molecular flexibility index (Phi) is 8.91. The molecule has 0 aromatic heterocycles. The second kappa shape index (κ2) is 12.3. The van der Waals surface area contributed by atoms with Crippen LogP contribution in [0.5, 0.6) is 0 Å². The van der Waals surface area contributed by atoms with Crippen molar-refractivity contribution in [3.05, 3.63) is 107 Å². The molecule has 170 valence electrons. The fourth-order valence-corrected chi connectivity index (χ4v) is 3.27. The highest BCUT2D eigenvalue weighted by molar-refractivity contribution is 6.03. The molecule has 0 spiro atoms. The lowest BCUT2D eigenvalue weighted by Gasteiger charge is -2.22. The fourth-order valence-electron chi connectivity index (χ4n) is 3.27. The predicted molar refractivity (Wildman–Crippen MR) is 128 cm³/mol. The lowest BCUT2D eigenvalue weighted by molar-refractivity contribution is -0.120. The zero-order chi connectivity index (χ0) is 23.5. The van der Waals surface area contributed by atoms with Crippen LogP contribution in [0.2, 0.25) is 0 Å². The first-order chi connectivity index (χ1) is 16.0. The zero-order valence-corrected chi connectivity index (χ0v) is 18.5. The maximum Gasteiger partial charge on any atom is 0.251 e. The average Bonchev–Trinajstić information content (AvgIpc) is 2.83. The van der Waals surface area contributed by atoms with E-state index < -0.39 is 0 Å². The van der Waals surface area contributed by atoms with Gasteiger partial charge in [-0.15, -0.1) is 0 Å². The summed E-state index contributed by atoms with van der Waals surface area (Å²) in [6.07, 6.45) is 3.46. The molecule has 3 aromatic rings. The monoisotopic (exact) mass is 446 g/mol. The minimum Gasteiger partial charge on any atom is -0.383 e. The Balaban J connectivity index is 1.82. The number of nitrogens with one attached hydrogen (secondary N) is 1. The Hall–Kier alpha value is -3.77. The van der Waals surface area contributed by atoms with Crippen LogP contribution in [0.1, 0.15) is 16.7 Å². The van der Waals surface area contributed by atoms with E-state index in [1.165, 1.54) is 18.2 Å². The predicted octanol–water partition coefficient (Wildman–Crippen LogP) is 4.38. The third kappa shape index (κ3) is 7.70. The Morgan fingerprint density at radius 1 is 0.970 bits per heavy atom. The molecule has 3 aromatic carbocycles. The van der Waals surface area contributed by atoms with Crippen LogP contribution in [0.3, 0.4) is 0 Å². The van der Waals surface area contributed by atoms with Gasteiger partial charge in [0.15, 0.2) is 0 Å². The van der Waals surface area contributed by atoms with Crippen molar-refractivity contribution in [3.63, 3.8) is 0 Å². The standard InChI is InChI=1S/C27H27FN2O3/c1-33-17-16-29-26(31)19-23-8-5-9-25(18-23)30(20-22-10-13-24(28)14-11-22)27(32)15-12-21-6-3-2-4-7-21/h2-15,18H,16-17,19-20H2,1H3,(H,29,31)/b15-12+. The van der Waals surface area contributed by atoms with Gasteiger partial charge in [0, 0.05) is 25.4 Å².